The first-order valence-corrected chi connectivity index (χ1v) is 5.93. The number of nitrogens with two attached hydrogens (primary N) is 1. The Morgan fingerprint density at radius 2 is 1.79 bits per heavy atom. The molecule has 3 rings (SSSR count). The van der Waals surface area contributed by atoms with E-state index in [4.69, 9.17) is 10.5 Å². The van der Waals surface area contributed by atoms with Crippen LogP contribution in [0.5, 0.6) is 5.75 Å². The minimum atomic E-state index is 0.463. The van der Waals surface area contributed by atoms with Gasteiger partial charge in [-0.25, -0.2) is 9.97 Å². The lowest BCUT2D eigenvalue weighted by Crippen LogP contribution is -1.94. The Kier molecular flexibility index (Phi) is 2.76. The molecule has 4 heteroatoms. The molecule has 1 heterocycles. The fourth-order valence-corrected chi connectivity index (χ4v) is 2.19. The highest BCUT2D eigenvalue weighted by Crippen LogP contribution is 2.33. The van der Waals surface area contributed by atoms with Crippen molar-refractivity contribution >= 4 is 16.6 Å². The number of nitrogens with zero attached hydrogens (tertiary/aromatic N) is 2. The van der Waals surface area contributed by atoms with Gasteiger partial charge in [0.25, 0.3) is 0 Å². The number of aromatic nitrogens is 2. The largest absolute Gasteiger partial charge is 0.496 e. The molecular weight excluding hydrogens is 238 g/mol. The highest BCUT2D eigenvalue weighted by molar-refractivity contribution is 5.99. The number of hydrogen-bond donors (Lipinski definition) is 1. The molecule has 94 valence electrons. The van der Waals surface area contributed by atoms with Crippen LogP contribution >= 0.6 is 0 Å². The van der Waals surface area contributed by atoms with Crippen molar-refractivity contribution < 1.29 is 4.74 Å². The van der Waals surface area contributed by atoms with Gasteiger partial charge in [0.15, 0.2) is 0 Å². The van der Waals surface area contributed by atoms with E-state index in [-0.39, 0.29) is 0 Å². The number of fused-ring (bicyclic) bond motifs is 1. The highest BCUT2D eigenvalue weighted by Gasteiger charge is 2.09. The fraction of sp³-hybridized carbons (Fsp3) is 0.0667. The van der Waals surface area contributed by atoms with Gasteiger partial charge in [0.2, 0.25) is 0 Å². The van der Waals surface area contributed by atoms with Gasteiger partial charge in [-0.2, -0.15) is 0 Å². The van der Waals surface area contributed by atoms with E-state index in [9.17, 15) is 0 Å². The molecule has 19 heavy (non-hydrogen) atoms. The van der Waals surface area contributed by atoms with Gasteiger partial charge in [0, 0.05) is 17.0 Å². The molecule has 0 atom stereocenters. The quantitative estimate of drug-likeness (QED) is 0.760. The molecule has 4 nitrogen and oxygen atoms in total. The molecule has 0 aliphatic heterocycles. The first-order valence-electron chi connectivity index (χ1n) is 5.93. The molecule has 0 aliphatic rings. The van der Waals surface area contributed by atoms with Crippen molar-refractivity contribution in [2.75, 3.05) is 12.8 Å². The zero-order valence-corrected chi connectivity index (χ0v) is 10.5. The smallest absolute Gasteiger partial charge is 0.127 e. The SMILES string of the molecule is COc1ccc(-c2cc(N)ncn2)c2ccccc12. The summed E-state index contributed by atoms with van der Waals surface area (Å²) in [4.78, 5) is 8.20. The predicted octanol–water partition coefficient (Wildman–Crippen LogP) is 2.89. The molecule has 2 N–H and O–H groups in total. The third kappa shape index (κ3) is 1.97. The number of ether oxygens (including phenoxy) is 1. The number of hydrogen-bond acceptors (Lipinski definition) is 4. The maximum Gasteiger partial charge on any atom is 0.127 e. The zero-order valence-electron chi connectivity index (χ0n) is 10.5. The van der Waals surface area contributed by atoms with Gasteiger partial charge < -0.3 is 10.5 Å². The number of benzene rings is 2. The third-order valence-electron chi connectivity index (χ3n) is 3.07. The Morgan fingerprint density at radius 1 is 1.00 bits per heavy atom. The highest BCUT2D eigenvalue weighted by atomic mass is 16.5. The van der Waals surface area contributed by atoms with Crippen molar-refractivity contribution in [3.8, 4) is 17.0 Å². The van der Waals surface area contributed by atoms with Gasteiger partial charge in [0.05, 0.1) is 12.8 Å². The maximum atomic E-state index is 5.72. The number of methoxy groups -OCH3 is 1. The van der Waals surface area contributed by atoms with E-state index in [2.05, 4.69) is 9.97 Å². The van der Waals surface area contributed by atoms with Crippen molar-refractivity contribution in [3.63, 3.8) is 0 Å². The number of nitrogen functional groups attached to an aromatic ring is 1. The molecule has 0 unspecified atom stereocenters. The molecule has 0 amide bonds. The lowest BCUT2D eigenvalue weighted by molar-refractivity contribution is 0.420. The average Bonchev–Trinajstić information content (AvgIpc) is 2.46. The summed E-state index contributed by atoms with van der Waals surface area (Å²) in [6, 6.07) is 13.8. The van der Waals surface area contributed by atoms with Gasteiger partial charge in [-0.1, -0.05) is 24.3 Å². The van der Waals surface area contributed by atoms with Crippen LogP contribution in [0.25, 0.3) is 22.0 Å². The Morgan fingerprint density at radius 3 is 2.53 bits per heavy atom. The second kappa shape index (κ2) is 4.57. The summed E-state index contributed by atoms with van der Waals surface area (Å²) in [5, 5.41) is 2.14. The monoisotopic (exact) mass is 251 g/mol. The van der Waals surface area contributed by atoms with Crippen LogP contribution in [0.15, 0.2) is 48.8 Å². The third-order valence-corrected chi connectivity index (χ3v) is 3.07. The first-order chi connectivity index (χ1) is 9.29. The van der Waals surface area contributed by atoms with Crippen molar-refractivity contribution in [2.24, 2.45) is 0 Å². The van der Waals surface area contributed by atoms with Gasteiger partial charge in [-0.05, 0) is 17.5 Å². The van der Waals surface area contributed by atoms with E-state index >= 15 is 0 Å². The summed E-state index contributed by atoms with van der Waals surface area (Å²) in [7, 11) is 1.67. The zero-order chi connectivity index (χ0) is 13.2. The van der Waals surface area contributed by atoms with Crippen molar-refractivity contribution in [2.45, 2.75) is 0 Å². The Labute approximate surface area is 110 Å². The van der Waals surface area contributed by atoms with Crippen LogP contribution in [0.3, 0.4) is 0 Å². The second-order valence-electron chi connectivity index (χ2n) is 4.19. The average molecular weight is 251 g/mol. The van der Waals surface area contributed by atoms with E-state index in [1.165, 1.54) is 6.33 Å². The molecule has 0 saturated carbocycles. The van der Waals surface area contributed by atoms with Crippen molar-refractivity contribution in [3.05, 3.63) is 48.8 Å². The topological polar surface area (TPSA) is 61.0 Å². The minimum Gasteiger partial charge on any atom is -0.496 e. The molecule has 3 aromatic rings. The number of rotatable bonds is 2. The van der Waals surface area contributed by atoms with Crippen LogP contribution in [-0.4, -0.2) is 17.1 Å². The van der Waals surface area contributed by atoms with E-state index < -0.39 is 0 Å². The molecule has 0 radical (unpaired) electrons. The van der Waals surface area contributed by atoms with E-state index in [1.54, 1.807) is 13.2 Å². The lowest BCUT2D eigenvalue weighted by Gasteiger charge is -2.10. The Hall–Kier alpha value is -2.62. The van der Waals surface area contributed by atoms with Gasteiger partial charge in [-0.15, -0.1) is 0 Å². The summed E-state index contributed by atoms with van der Waals surface area (Å²) in [5.74, 6) is 1.31. The molecule has 1 aromatic heterocycles. The summed E-state index contributed by atoms with van der Waals surface area (Å²) < 4.78 is 5.38. The molecule has 0 saturated heterocycles. The Balaban J connectivity index is 2.31. The van der Waals surface area contributed by atoms with E-state index in [0.29, 0.717) is 5.82 Å². The minimum absolute atomic E-state index is 0.463. The van der Waals surface area contributed by atoms with Crippen LogP contribution in [-0.2, 0) is 0 Å². The van der Waals surface area contributed by atoms with E-state index in [1.807, 2.05) is 36.4 Å². The molecule has 0 fully saturated rings. The first kappa shape index (κ1) is 11.5. The Bertz CT molecular complexity index is 740. The standard InChI is InChI=1S/C15H13N3O/c1-19-14-7-6-11(10-4-2-3-5-12(10)14)13-8-15(16)18-9-17-13/h2-9H,1H3,(H2,16,17,18). The van der Waals surface area contributed by atoms with E-state index in [0.717, 1.165) is 27.8 Å². The van der Waals surface area contributed by atoms with Crippen molar-refractivity contribution in [1.82, 2.24) is 9.97 Å². The second-order valence-corrected chi connectivity index (χ2v) is 4.19. The predicted molar refractivity (Wildman–Crippen MR) is 75.9 cm³/mol. The van der Waals surface area contributed by atoms with Crippen LogP contribution < -0.4 is 10.5 Å². The summed E-state index contributed by atoms with van der Waals surface area (Å²) in [6.07, 6.45) is 1.48. The molecular formula is C15H13N3O. The van der Waals surface area contributed by atoms with Crippen LogP contribution in [0.4, 0.5) is 5.82 Å². The molecule has 0 bridgehead atoms. The van der Waals surface area contributed by atoms with Gasteiger partial charge >= 0.3 is 0 Å². The lowest BCUT2D eigenvalue weighted by atomic mass is 10.0. The van der Waals surface area contributed by atoms with Crippen LogP contribution in [0.1, 0.15) is 0 Å². The molecule has 2 aromatic carbocycles. The fourth-order valence-electron chi connectivity index (χ4n) is 2.19. The van der Waals surface area contributed by atoms with Crippen molar-refractivity contribution in [1.29, 1.82) is 0 Å². The summed E-state index contributed by atoms with van der Waals surface area (Å²) >= 11 is 0. The molecule has 0 aliphatic carbocycles. The maximum absolute atomic E-state index is 5.72. The normalized spacial score (nSPS) is 10.6. The van der Waals surface area contributed by atoms with Gasteiger partial charge in [-0.3, -0.25) is 0 Å². The number of anilines is 1. The summed E-state index contributed by atoms with van der Waals surface area (Å²) in [6.45, 7) is 0. The van der Waals surface area contributed by atoms with Crippen LogP contribution in [0, 0.1) is 0 Å². The van der Waals surface area contributed by atoms with Crippen LogP contribution in [0.2, 0.25) is 0 Å². The van der Waals surface area contributed by atoms with Gasteiger partial charge in [0.1, 0.15) is 17.9 Å². The summed E-state index contributed by atoms with van der Waals surface area (Å²) in [5.41, 5.74) is 7.55. The molecule has 0 spiro atoms.